The van der Waals surface area contributed by atoms with Crippen LogP contribution in [0.4, 0.5) is 14.6 Å². The molecule has 14 heavy (non-hydrogen) atoms. The van der Waals surface area contributed by atoms with Crippen molar-refractivity contribution >= 4 is 25.6 Å². The largest absolute Gasteiger partial charge is 0.384 e. The highest BCUT2D eigenvalue weighted by Gasteiger charge is 2.22. The Morgan fingerprint density at radius 2 is 2.07 bits per heavy atom. The van der Waals surface area contributed by atoms with E-state index in [4.69, 9.17) is 16.4 Å². The number of anilines is 1. The lowest BCUT2D eigenvalue weighted by Crippen LogP contribution is -2.02. The maximum absolute atomic E-state index is 12.3. The van der Waals surface area contributed by atoms with Crippen LogP contribution in [0.25, 0.3) is 0 Å². The van der Waals surface area contributed by atoms with E-state index in [0.29, 0.717) is 6.20 Å². The Hall–Kier alpha value is -0.950. The molecule has 0 aliphatic rings. The Labute approximate surface area is 83.1 Å². The lowest BCUT2D eigenvalue weighted by atomic mass is 10.3. The van der Waals surface area contributed by atoms with Crippen LogP contribution in [-0.2, 0) is 9.05 Å². The van der Waals surface area contributed by atoms with Crippen molar-refractivity contribution in [3.8, 4) is 0 Å². The summed E-state index contributed by atoms with van der Waals surface area (Å²) in [6, 6.07) is 0.795. The van der Waals surface area contributed by atoms with Gasteiger partial charge in [-0.2, -0.15) is 0 Å². The number of hydrogen-bond acceptors (Lipinski definition) is 4. The van der Waals surface area contributed by atoms with Crippen LogP contribution in [-0.4, -0.2) is 13.4 Å². The summed E-state index contributed by atoms with van der Waals surface area (Å²) in [4.78, 5) is 2.64. The first kappa shape index (κ1) is 11.1. The molecule has 1 heterocycles. The first-order valence-corrected chi connectivity index (χ1v) is 5.61. The zero-order valence-corrected chi connectivity index (χ0v) is 8.19. The third-order valence-corrected chi connectivity index (χ3v) is 2.79. The predicted octanol–water partition coefficient (Wildman–Crippen LogP) is 1.53. The molecule has 1 aromatic rings. The summed E-state index contributed by atoms with van der Waals surface area (Å²) in [5.74, 6) is -0.186. The minimum atomic E-state index is -4.23. The van der Waals surface area contributed by atoms with Crippen LogP contribution in [0, 0.1) is 0 Å². The van der Waals surface area contributed by atoms with Gasteiger partial charge < -0.3 is 5.73 Å². The average Bonchev–Trinajstić information content (AvgIpc) is 2.01. The second kappa shape index (κ2) is 3.66. The topological polar surface area (TPSA) is 73.1 Å². The van der Waals surface area contributed by atoms with E-state index >= 15 is 0 Å². The van der Waals surface area contributed by atoms with Gasteiger partial charge in [-0.25, -0.2) is 22.2 Å². The molecule has 0 spiro atoms. The molecule has 0 aliphatic heterocycles. The minimum Gasteiger partial charge on any atom is -0.384 e. The molecule has 4 nitrogen and oxygen atoms in total. The van der Waals surface area contributed by atoms with Gasteiger partial charge in [-0.1, -0.05) is 0 Å². The summed E-state index contributed by atoms with van der Waals surface area (Å²) in [6.07, 6.45) is -2.28. The minimum absolute atomic E-state index is 0.186. The number of rotatable bonds is 2. The standard InChI is InChI=1S/C6H5ClF2N2O2S/c7-14(12,13)4-1-5(10)11-2-3(4)6(8)9/h1-2,6H,(H2,10,11). The summed E-state index contributed by atoms with van der Waals surface area (Å²) < 4.78 is 46.3. The van der Waals surface area contributed by atoms with E-state index < -0.39 is 25.9 Å². The Morgan fingerprint density at radius 3 is 2.50 bits per heavy atom. The normalized spacial score (nSPS) is 12.0. The molecule has 0 amide bonds. The molecule has 0 unspecified atom stereocenters. The van der Waals surface area contributed by atoms with Gasteiger partial charge in [0.15, 0.2) is 0 Å². The van der Waals surface area contributed by atoms with Gasteiger partial charge in [0.1, 0.15) is 5.82 Å². The van der Waals surface area contributed by atoms with E-state index in [9.17, 15) is 17.2 Å². The predicted molar refractivity (Wildman–Crippen MR) is 46.6 cm³/mol. The number of alkyl halides is 2. The fourth-order valence-electron chi connectivity index (χ4n) is 0.838. The monoisotopic (exact) mass is 242 g/mol. The highest BCUT2D eigenvalue weighted by molar-refractivity contribution is 8.13. The maximum atomic E-state index is 12.3. The third-order valence-electron chi connectivity index (χ3n) is 1.41. The van der Waals surface area contributed by atoms with Crippen LogP contribution >= 0.6 is 10.7 Å². The van der Waals surface area contributed by atoms with Crippen molar-refractivity contribution in [1.29, 1.82) is 0 Å². The fourth-order valence-corrected chi connectivity index (χ4v) is 1.92. The van der Waals surface area contributed by atoms with Gasteiger partial charge in [0.05, 0.1) is 10.5 Å². The van der Waals surface area contributed by atoms with E-state index in [-0.39, 0.29) is 5.82 Å². The van der Waals surface area contributed by atoms with Crippen LogP contribution in [0.1, 0.15) is 12.0 Å². The van der Waals surface area contributed by atoms with Gasteiger partial charge in [-0.3, -0.25) is 0 Å². The number of nitrogen functional groups attached to an aromatic ring is 1. The van der Waals surface area contributed by atoms with Crippen LogP contribution in [0.2, 0.25) is 0 Å². The molecule has 0 bridgehead atoms. The number of pyridine rings is 1. The van der Waals surface area contributed by atoms with Crippen molar-refractivity contribution in [3.63, 3.8) is 0 Å². The number of hydrogen-bond donors (Lipinski definition) is 1. The zero-order chi connectivity index (χ0) is 10.9. The fraction of sp³-hybridized carbons (Fsp3) is 0.167. The summed E-state index contributed by atoms with van der Waals surface area (Å²) >= 11 is 0. The highest BCUT2D eigenvalue weighted by atomic mass is 35.7. The third kappa shape index (κ3) is 2.30. The zero-order valence-electron chi connectivity index (χ0n) is 6.62. The van der Waals surface area contributed by atoms with E-state index in [1.807, 2.05) is 0 Å². The van der Waals surface area contributed by atoms with E-state index in [0.717, 1.165) is 6.07 Å². The first-order chi connectivity index (χ1) is 6.32. The molecule has 0 fully saturated rings. The summed E-state index contributed by atoms with van der Waals surface area (Å²) in [5, 5.41) is 0. The van der Waals surface area contributed by atoms with E-state index in [1.165, 1.54) is 0 Å². The van der Waals surface area contributed by atoms with Crippen molar-refractivity contribution in [3.05, 3.63) is 17.8 Å². The second-order valence-corrected chi connectivity index (χ2v) is 4.92. The molecular formula is C6H5ClF2N2O2S. The molecule has 0 aromatic carbocycles. The molecule has 0 saturated heterocycles. The van der Waals surface area contributed by atoms with Crippen LogP contribution in [0.5, 0.6) is 0 Å². The number of halogens is 3. The number of nitrogens with zero attached hydrogens (tertiary/aromatic N) is 1. The molecule has 8 heteroatoms. The second-order valence-electron chi connectivity index (χ2n) is 2.39. The van der Waals surface area contributed by atoms with Crippen molar-refractivity contribution in [2.24, 2.45) is 0 Å². The maximum Gasteiger partial charge on any atom is 0.266 e. The Kier molecular flexibility index (Phi) is 2.91. The van der Waals surface area contributed by atoms with Crippen LogP contribution in [0.3, 0.4) is 0 Å². The van der Waals surface area contributed by atoms with Gasteiger partial charge in [-0.05, 0) is 0 Å². The van der Waals surface area contributed by atoms with Gasteiger partial charge in [0, 0.05) is 22.9 Å². The van der Waals surface area contributed by atoms with Crippen molar-refractivity contribution in [1.82, 2.24) is 4.98 Å². The van der Waals surface area contributed by atoms with Gasteiger partial charge in [-0.15, -0.1) is 0 Å². The molecular weight excluding hydrogens is 238 g/mol. The highest BCUT2D eigenvalue weighted by Crippen LogP contribution is 2.28. The molecule has 0 aliphatic carbocycles. The molecule has 2 N–H and O–H groups in total. The summed E-state index contributed by atoms with van der Waals surface area (Å²) in [7, 11) is 0.707. The van der Waals surface area contributed by atoms with Gasteiger partial charge in [0.25, 0.3) is 15.5 Å². The quantitative estimate of drug-likeness (QED) is 0.798. The number of nitrogens with two attached hydrogens (primary N) is 1. The Morgan fingerprint density at radius 1 is 1.50 bits per heavy atom. The molecule has 1 rings (SSSR count). The van der Waals surface area contributed by atoms with Crippen LogP contribution < -0.4 is 5.73 Å². The molecule has 0 radical (unpaired) electrons. The molecule has 78 valence electrons. The Balaban J connectivity index is 3.46. The van der Waals surface area contributed by atoms with Gasteiger partial charge in [0.2, 0.25) is 0 Å². The summed E-state index contributed by atoms with van der Waals surface area (Å²) in [5.41, 5.74) is 4.39. The average molecular weight is 243 g/mol. The lowest BCUT2D eigenvalue weighted by molar-refractivity contribution is 0.147. The van der Waals surface area contributed by atoms with E-state index in [1.54, 1.807) is 0 Å². The molecule has 0 saturated carbocycles. The van der Waals surface area contributed by atoms with Crippen molar-refractivity contribution in [2.45, 2.75) is 11.3 Å². The number of aromatic nitrogens is 1. The molecule has 1 aromatic heterocycles. The van der Waals surface area contributed by atoms with Crippen molar-refractivity contribution in [2.75, 3.05) is 5.73 Å². The SMILES string of the molecule is Nc1cc(S(=O)(=O)Cl)c(C(F)F)cn1. The Bertz CT molecular complexity index is 449. The van der Waals surface area contributed by atoms with Gasteiger partial charge >= 0.3 is 0 Å². The first-order valence-electron chi connectivity index (χ1n) is 3.30. The summed E-state index contributed by atoms with van der Waals surface area (Å²) in [6.45, 7) is 0. The van der Waals surface area contributed by atoms with Crippen LogP contribution in [0.15, 0.2) is 17.2 Å². The molecule has 0 atom stereocenters. The van der Waals surface area contributed by atoms with E-state index in [2.05, 4.69) is 4.98 Å². The van der Waals surface area contributed by atoms with Crippen molar-refractivity contribution < 1.29 is 17.2 Å². The smallest absolute Gasteiger partial charge is 0.266 e. The lowest BCUT2D eigenvalue weighted by Gasteiger charge is -2.05.